The lowest BCUT2D eigenvalue weighted by molar-refractivity contribution is -0.136. The van der Waals surface area contributed by atoms with Gasteiger partial charge in [0.15, 0.2) is 0 Å². The molecule has 2 N–H and O–H groups in total. The van der Waals surface area contributed by atoms with Crippen LogP contribution in [0.2, 0.25) is 0 Å². The zero-order chi connectivity index (χ0) is 22.2. The van der Waals surface area contributed by atoms with Gasteiger partial charge >= 0.3 is 17.8 Å². The summed E-state index contributed by atoms with van der Waals surface area (Å²) in [6.45, 7) is 1.57. The van der Waals surface area contributed by atoms with Crippen molar-refractivity contribution in [2.24, 2.45) is 5.10 Å². The minimum Gasteiger partial charge on any atom is -0.422 e. The van der Waals surface area contributed by atoms with E-state index >= 15 is 0 Å². The fourth-order valence-corrected chi connectivity index (χ4v) is 2.57. The quantitative estimate of drug-likeness (QED) is 0.217. The first-order chi connectivity index (χ1) is 15.0. The number of carbonyl (C=O) groups is 3. The van der Waals surface area contributed by atoms with E-state index in [1.165, 1.54) is 18.2 Å². The highest BCUT2D eigenvalue weighted by Gasteiger charge is 2.16. The summed E-state index contributed by atoms with van der Waals surface area (Å²) in [7, 11) is 0. The highest BCUT2D eigenvalue weighted by Crippen LogP contribution is 2.20. The predicted molar refractivity (Wildman–Crippen MR) is 113 cm³/mol. The molecule has 0 spiro atoms. The number of anilines is 1. The molecule has 2 amide bonds. The molecule has 0 aromatic heterocycles. The topological polar surface area (TPSA) is 96.9 Å². The van der Waals surface area contributed by atoms with Crippen LogP contribution in [0.15, 0.2) is 84.0 Å². The highest BCUT2D eigenvalue weighted by molar-refractivity contribution is 6.39. The van der Waals surface area contributed by atoms with E-state index in [9.17, 15) is 18.8 Å². The molecule has 8 heteroatoms. The number of amides is 2. The van der Waals surface area contributed by atoms with Gasteiger partial charge in [-0.05, 0) is 43.3 Å². The Balaban J connectivity index is 1.69. The van der Waals surface area contributed by atoms with Gasteiger partial charge in [-0.15, -0.1) is 0 Å². The van der Waals surface area contributed by atoms with Crippen molar-refractivity contribution in [3.63, 3.8) is 0 Å². The number of carbonyl (C=O) groups excluding carboxylic acids is 3. The summed E-state index contributed by atoms with van der Waals surface area (Å²) >= 11 is 0. The molecule has 0 bridgehead atoms. The van der Waals surface area contributed by atoms with Crippen LogP contribution < -0.4 is 15.5 Å². The Morgan fingerprint density at radius 3 is 2.23 bits per heavy atom. The van der Waals surface area contributed by atoms with Gasteiger partial charge in [0, 0.05) is 5.56 Å². The molecule has 3 aromatic carbocycles. The molecule has 0 saturated carbocycles. The number of benzene rings is 3. The largest absolute Gasteiger partial charge is 0.422 e. The Morgan fingerprint density at radius 2 is 1.48 bits per heavy atom. The van der Waals surface area contributed by atoms with Gasteiger partial charge in [0.05, 0.1) is 17.0 Å². The SMILES string of the molecule is C/C(=N\NC(=O)C(=O)Nc1ccccc1F)c1ccccc1OC(=O)c1ccccc1. The maximum Gasteiger partial charge on any atom is 0.343 e. The van der Waals surface area contributed by atoms with E-state index in [0.29, 0.717) is 16.8 Å². The second-order valence-corrected chi connectivity index (χ2v) is 6.32. The monoisotopic (exact) mass is 419 g/mol. The molecule has 7 nitrogen and oxygen atoms in total. The molecule has 31 heavy (non-hydrogen) atoms. The van der Waals surface area contributed by atoms with Crippen molar-refractivity contribution in [3.8, 4) is 5.75 Å². The Kier molecular flexibility index (Phi) is 6.85. The highest BCUT2D eigenvalue weighted by atomic mass is 19.1. The molecule has 0 fully saturated rings. The number of nitrogens with one attached hydrogen (secondary N) is 2. The lowest BCUT2D eigenvalue weighted by Gasteiger charge is -2.10. The van der Waals surface area contributed by atoms with Crippen LogP contribution in [0.4, 0.5) is 10.1 Å². The molecule has 0 atom stereocenters. The number of halogens is 1. The molecule has 0 aliphatic rings. The molecule has 0 heterocycles. The second kappa shape index (κ2) is 9.93. The molecule has 0 saturated heterocycles. The first-order valence-corrected chi connectivity index (χ1v) is 9.22. The molecule has 3 rings (SSSR count). The lowest BCUT2D eigenvalue weighted by atomic mass is 10.1. The molecular formula is C23H18FN3O4. The summed E-state index contributed by atoms with van der Waals surface area (Å²) in [5.74, 6) is -3.14. The summed E-state index contributed by atoms with van der Waals surface area (Å²) in [6, 6.07) is 20.6. The van der Waals surface area contributed by atoms with Crippen molar-refractivity contribution < 1.29 is 23.5 Å². The maximum absolute atomic E-state index is 13.6. The summed E-state index contributed by atoms with van der Waals surface area (Å²) in [5.41, 5.74) is 3.10. The molecule has 0 aliphatic carbocycles. The first kappa shape index (κ1) is 21.4. The van der Waals surface area contributed by atoms with Crippen LogP contribution >= 0.6 is 0 Å². The molecule has 0 aliphatic heterocycles. The fraction of sp³-hybridized carbons (Fsp3) is 0.0435. The minimum absolute atomic E-state index is 0.124. The second-order valence-electron chi connectivity index (χ2n) is 6.32. The normalized spacial score (nSPS) is 10.8. The number of nitrogens with zero attached hydrogens (tertiary/aromatic N) is 1. The number of hydrazone groups is 1. The fourth-order valence-electron chi connectivity index (χ4n) is 2.57. The van der Waals surface area contributed by atoms with Gasteiger partial charge in [-0.2, -0.15) is 5.10 Å². The maximum atomic E-state index is 13.6. The average Bonchev–Trinajstić information content (AvgIpc) is 2.79. The average molecular weight is 419 g/mol. The summed E-state index contributed by atoms with van der Waals surface area (Å²) < 4.78 is 19.1. The van der Waals surface area contributed by atoms with Crippen molar-refractivity contribution in [1.82, 2.24) is 5.43 Å². The Bertz CT molecular complexity index is 1150. The first-order valence-electron chi connectivity index (χ1n) is 9.22. The van der Waals surface area contributed by atoms with E-state index in [1.54, 1.807) is 61.5 Å². The molecular weight excluding hydrogens is 401 g/mol. The number of ether oxygens (including phenoxy) is 1. The third-order valence-electron chi connectivity index (χ3n) is 4.14. The summed E-state index contributed by atoms with van der Waals surface area (Å²) in [5, 5.41) is 6.06. The summed E-state index contributed by atoms with van der Waals surface area (Å²) in [4.78, 5) is 36.3. The van der Waals surface area contributed by atoms with Crippen LogP contribution in [0.1, 0.15) is 22.8 Å². The standard InChI is InChI=1S/C23H18FN3O4/c1-15(26-27-22(29)21(28)25-19-13-7-6-12-18(19)24)17-11-5-8-14-20(17)31-23(30)16-9-3-2-4-10-16/h2-14H,1H3,(H,25,28)(H,27,29)/b26-15+. The van der Waals surface area contributed by atoms with E-state index in [0.717, 1.165) is 6.07 Å². The van der Waals surface area contributed by atoms with Gasteiger partial charge in [0.25, 0.3) is 0 Å². The zero-order valence-electron chi connectivity index (χ0n) is 16.5. The predicted octanol–water partition coefficient (Wildman–Crippen LogP) is 3.52. The van der Waals surface area contributed by atoms with Gasteiger partial charge in [-0.3, -0.25) is 9.59 Å². The Labute approximate surface area is 177 Å². The number of hydrogen-bond acceptors (Lipinski definition) is 5. The van der Waals surface area contributed by atoms with Crippen LogP contribution in [0.25, 0.3) is 0 Å². The van der Waals surface area contributed by atoms with E-state index in [4.69, 9.17) is 4.74 Å². The van der Waals surface area contributed by atoms with Gasteiger partial charge in [0.1, 0.15) is 11.6 Å². The van der Waals surface area contributed by atoms with Crippen LogP contribution in [0, 0.1) is 5.82 Å². The van der Waals surface area contributed by atoms with Gasteiger partial charge in [-0.1, -0.05) is 42.5 Å². The number of hydrogen-bond donors (Lipinski definition) is 2. The smallest absolute Gasteiger partial charge is 0.343 e. The lowest BCUT2D eigenvalue weighted by Crippen LogP contribution is -2.33. The molecule has 156 valence electrons. The van der Waals surface area contributed by atoms with Crippen LogP contribution in [0.3, 0.4) is 0 Å². The van der Waals surface area contributed by atoms with Crippen LogP contribution in [-0.4, -0.2) is 23.5 Å². The zero-order valence-corrected chi connectivity index (χ0v) is 16.5. The van der Waals surface area contributed by atoms with Crippen LogP contribution in [0.5, 0.6) is 5.75 Å². The third kappa shape index (κ3) is 5.60. The number of rotatable bonds is 5. The molecule has 3 aromatic rings. The van der Waals surface area contributed by atoms with Crippen molar-refractivity contribution in [3.05, 3.63) is 95.8 Å². The molecule has 0 unspecified atom stereocenters. The van der Waals surface area contributed by atoms with Crippen molar-refractivity contribution in [1.29, 1.82) is 0 Å². The molecule has 0 radical (unpaired) electrons. The van der Waals surface area contributed by atoms with E-state index < -0.39 is 23.6 Å². The van der Waals surface area contributed by atoms with Crippen molar-refractivity contribution >= 4 is 29.2 Å². The summed E-state index contributed by atoms with van der Waals surface area (Å²) in [6.07, 6.45) is 0. The number of esters is 1. The van der Waals surface area contributed by atoms with Crippen molar-refractivity contribution in [2.75, 3.05) is 5.32 Å². The van der Waals surface area contributed by atoms with E-state index in [2.05, 4.69) is 15.8 Å². The van der Waals surface area contributed by atoms with E-state index in [1.807, 2.05) is 0 Å². The van der Waals surface area contributed by atoms with E-state index in [-0.39, 0.29) is 11.4 Å². The van der Waals surface area contributed by atoms with Gasteiger partial charge in [-0.25, -0.2) is 14.6 Å². The number of para-hydroxylation sites is 2. The van der Waals surface area contributed by atoms with Crippen molar-refractivity contribution in [2.45, 2.75) is 6.92 Å². The van der Waals surface area contributed by atoms with Gasteiger partial charge < -0.3 is 10.1 Å². The van der Waals surface area contributed by atoms with Crippen LogP contribution in [-0.2, 0) is 9.59 Å². The third-order valence-corrected chi connectivity index (χ3v) is 4.14. The Hall–Kier alpha value is -4.33. The van der Waals surface area contributed by atoms with Gasteiger partial charge in [0.2, 0.25) is 0 Å². The minimum atomic E-state index is -1.08. The Morgan fingerprint density at radius 1 is 0.839 bits per heavy atom.